The van der Waals surface area contributed by atoms with Gasteiger partial charge in [0.05, 0.1) is 0 Å². The predicted octanol–water partition coefficient (Wildman–Crippen LogP) is 6.10. The first-order chi connectivity index (χ1) is 8.77. The second kappa shape index (κ2) is 5.17. The molecular formula is C18H32. The van der Waals surface area contributed by atoms with Crippen molar-refractivity contribution in [2.45, 2.75) is 96.8 Å². The number of hydrogen-bond acceptors (Lipinski definition) is 0. The minimum absolute atomic E-state index is 0.712. The van der Waals surface area contributed by atoms with E-state index in [2.05, 4.69) is 6.92 Å². The van der Waals surface area contributed by atoms with E-state index in [1.165, 1.54) is 51.4 Å². The fraction of sp³-hybridized carbons (Fsp3) is 1.00. The van der Waals surface area contributed by atoms with Crippen molar-refractivity contribution in [1.82, 2.24) is 0 Å². The Morgan fingerprint density at radius 1 is 0.611 bits per heavy atom. The van der Waals surface area contributed by atoms with E-state index in [-0.39, 0.29) is 0 Å². The Bertz CT molecular complexity index is 260. The van der Waals surface area contributed by atoms with Gasteiger partial charge in [-0.15, -0.1) is 0 Å². The number of rotatable bonds is 2. The van der Waals surface area contributed by atoms with Crippen molar-refractivity contribution < 1.29 is 0 Å². The van der Waals surface area contributed by atoms with Gasteiger partial charge in [0.2, 0.25) is 0 Å². The molecule has 0 atom stereocenters. The van der Waals surface area contributed by atoms with E-state index in [1.807, 2.05) is 0 Å². The molecule has 0 aromatic rings. The van der Waals surface area contributed by atoms with E-state index in [0.29, 0.717) is 5.41 Å². The third-order valence-corrected chi connectivity index (χ3v) is 7.04. The molecule has 0 radical (unpaired) electrons. The molecule has 0 spiro atoms. The Morgan fingerprint density at radius 3 is 1.72 bits per heavy atom. The van der Waals surface area contributed by atoms with Crippen molar-refractivity contribution in [3.8, 4) is 0 Å². The summed E-state index contributed by atoms with van der Waals surface area (Å²) in [5, 5.41) is 0. The first-order valence-electron chi connectivity index (χ1n) is 8.77. The van der Waals surface area contributed by atoms with Crippen molar-refractivity contribution in [2.75, 3.05) is 0 Å². The molecule has 0 aromatic carbocycles. The molecule has 0 unspecified atom stereocenters. The average Bonchev–Trinajstić information content (AvgIpc) is 2.92. The average molecular weight is 248 g/mol. The van der Waals surface area contributed by atoms with Gasteiger partial charge in [0.25, 0.3) is 0 Å². The number of hydrogen-bond donors (Lipinski definition) is 0. The molecule has 0 amide bonds. The van der Waals surface area contributed by atoms with Gasteiger partial charge in [-0.05, 0) is 55.3 Å². The molecule has 0 aromatic heterocycles. The van der Waals surface area contributed by atoms with Gasteiger partial charge in [0.1, 0.15) is 0 Å². The summed E-state index contributed by atoms with van der Waals surface area (Å²) in [5.41, 5.74) is 1.48. The van der Waals surface area contributed by atoms with Crippen LogP contribution in [0.2, 0.25) is 0 Å². The summed E-state index contributed by atoms with van der Waals surface area (Å²) in [6.07, 6.45) is 21.6. The predicted molar refractivity (Wildman–Crippen MR) is 78.7 cm³/mol. The molecule has 0 heterocycles. The van der Waals surface area contributed by atoms with Crippen LogP contribution in [0.15, 0.2) is 0 Å². The highest BCUT2D eigenvalue weighted by Gasteiger charge is 2.53. The normalized spacial score (nSPS) is 32.5. The van der Waals surface area contributed by atoms with E-state index >= 15 is 0 Å². The molecule has 3 aliphatic carbocycles. The highest BCUT2D eigenvalue weighted by Crippen LogP contribution is 2.63. The van der Waals surface area contributed by atoms with E-state index in [9.17, 15) is 0 Å². The Balaban J connectivity index is 1.85. The standard InChI is InChI=1S/C18H32/c1-17(12-6-3-7-13-17)18(14-8-9-15-18)16-10-4-2-5-11-16/h16H,2-15H2,1H3. The lowest BCUT2D eigenvalue weighted by Crippen LogP contribution is -2.45. The fourth-order valence-corrected chi connectivity index (χ4v) is 6.00. The summed E-state index contributed by atoms with van der Waals surface area (Å²) in [4.78, 5) is 0. The lowest BCUT2D eigenvalue weighted by atomic mass is 9.50. The van der Waals surface area contributed by atoms with Gasteiger partial charge in [0.15, 0.2) is 0 Å². The quantitative estimate of drug-likeness (QED) is 0.554. The van der Waals surface area contributed by atoms with Crippen molar-refractivity contribution >= 4 is 0 Å². The molecule has 0 N–H and O–H groups in total. The van der Waals surface area contributed by atoms with Crippen molar-refractivity contribution in [3.63, 3.8) is 0 Å². The second-order valence-corrected chi connectivity index (χ2v) is 7.82. The Morgan fingerprint density at radius 2 is 1.11 bits per heavy atom. The molecule has 0 nitrogen and oxygen atoms in total. The molecule has 0 saturated heterocycles. The topological polar surface area (TPSA) is 0 Å². The van der Waals surface area contributed by atoms with Crippen LogP contribution in [0, 0.1) is 16.7 Å². The van der Waals surface area contributed by atoms with Gasteiger partial charge in [-0.1, -0.05) is 58.3 Å². The van der Waals surface area contributed by atoms with Gasteiger partial charge in [-0.2, -0.15) is 0 Å². The van der Waals surface area contributed by atoms with E-state index in [1.54, 1.807) is 38.5 Å². The molecule has 3 saturated carbocycles. The van der Waals surface area contributed by atoms with Crippen molar-refractivity contribution in [1.29, 1.82) is 0 Å². The van der Waals surface area contributed by atoms with Crippen LogP contribution in [0.3, 0.4) is 0 Å². The minimum atomic E-state index is 0.712. The van der Waals surface area contributed by atoms with Gasteiger partial charge in [0, 0.05) is 0 Å². The zero-order valence-electron chi connectivity index (χ0n) is 12.5. The summed E-state index contributed by atoms with van der Waals surface area (Å²) < 4.78 is 0. The molecule has 0 aliphatic heterocycles. The van der Waals surface area contributed by atoms with Crippen LogP contribution in [0.5, 0.6) is 0 Å². The maximum absolute atomic E-state index is 2.69. The minimum Gasteiger partial charge on any atom is -0.0591 e. The molecule has 104 valence electrons. The van der Waals surface area contributed by atoms with Crippen LogP contribution in [0.4, 0.5) is 0 Å². The third-order valence-electron chi connectivity index (χ3n) is 7.04. The molecule has 18 heavy (non-hydrogen) atoms. The first-order valence-corrected chi connectivity index (χ1v) is 8.77. The SMILES string of the molecule is CC1(C2(C3CCCCC3)CCCC2)CCCCC1. The summed E-state index contributed by atoms with van der Waals surface area (Å²) in [5.74, 6) is 1.09. The Kier molecular flexibility index (Phi) is 3.74. The monoisotopic (exact) mass is 248 g/mol. The molecule has 0 bridgehead atoms. The lowest BCUT2D eigenvalue weighted by molar-refractivity contribution is -0.0474. The maximum atomic E-state index is 2.69. The van der Waals surface area contributed by atoms with E-state index < -0.39 is 0 Å². The van der Waals surface area contributed by atoms with E-state index in [4.69, 9.17) is 0 Å². The molecular weight excluding hydrogens is 216 g/mol. The zero-order chi connectivity index (χ0) is 12.5. The Hall–Kier alpha value is 0. The maximum Gasteiger partial charge on any atom is -0.0215 e. The van der Waals surface area contributed by atoms with Gasteiger partial charge in [-0.25, -0.2) is 0 Å². The van der Waals surface area contributed by atoms with Crippen LogP contribution >= 0.6 is 0 Å². The van der Waals surface area contributed by atoms with Crippen LogP contribution in [0.1, 0.15) is 96.8 Å². The molecule has 3 aliphatic rings. The van der Waals surface area contributed by atoms with Crippen LogP contribution in [-0.2, 0) is 0 Å². The lowest BCUT2D eigenvalue weighted by Gasteiger charge is -2.54. The fourth-order valence-electron chi connectivity index (χ4n) is 6.00. The van der Waals surface area contributed by atoms with E-state index in [0.717, 1.165) is 11.3 Å². The molecule has 0 heteroatoms. The van der Waals surface area contributed by atoms with Crippen molar-refractivity contribution in [2.24, 2.45) is 16.7 Å². The van der Waals surface area contributed by atoms with Crippen LogP contribution < -0.4 is 0 Å². The summed E-state index contributed by atoms with van der Waals surface area (Å²) >= 11 is 0. The highest BCUT2D eigenvalue weighted by atomic mass is 14.6. The molecule has 3 rings (SSSR count). The zero-order valence-corrected chi connectivity index (χ0v) is 12.5. The summed E-state index contributed by atoms with van der Waals surface area (Å²) in [7, 11) is 0. The largest absolute Gasteiger partial charge is 0.0591 e. The molecule has 3 fully saturated rings. The second-order valence-electron chi connectivity index (χ2n) is 7.82. The van der Waals surface area contributed by atoms with Gasteiger partial charge >= 0.3 is 0 Å². The third kappa shape index (κ3) is 2.04. The highest BCUT2D eigenvalue weighted by molar-refractivity contribution is 5.03. The van der Waals surface area contributed by atoms with Crippen LogP contribution in [-0.4, -0.2) is 0 Å². The van der Waals surface area contributed by atoms with Crippen LogP contribution in [0.25, 0.3) is 0 Å². The smallest absolute Gasteiger partial charge is 0.0215 e. The van der Waals surface area contributed by atoms with Crippen molar-refractivity contribution in [3.05, 3.63) is 0 Å². The first kappa shape index (κ1) is 13.0. The summed E-state index contributed by atoms with van der Waals surface area (Å²) in [6, 6.07) is 0. The summed E-state index contributed by atoms with van der Waals surface area (Å²) in [6.45, 7) is 2.69. The van der Waals surface area contributed by atoms with Gasteiger partial charge in [-0.3, -0.25) is 0 Å². The Labute approximate surface area is 114 Å². The van der Waals surface area contributed by atoms with Gasteiger partial charge < -0.3 is 0 Å².